The van der Waals surface area contributed by atoms with Gasteiger partial charge >= 0.3 is 0 Å². The van der Waals surface area contributed by atoms with Crippen LogP contribution in [0.1, 0.15) is 35.5 Å². The minimum Gasteiger partial charge on any atom is -0.448 e. The topological polar surface area (TPSA) is 67.6 Å². The van der Waals surface area contributed by atoms with E-state index in [2.05, 4.69) is 15.2 Å². The summed E-state index contributed by atoms with van der Waals surface area (Å²) in [6, 6.07) is 0.322. The van der Waals surface area contributed by atoms with Crippen LogP contribution >= 0.6 is 0 Å². The molecular weight excluding hydrogens is 258 g/mol. The van der Waals surface area contributed by atoms with Gasteiger partial charge in [-0.2, -0.15) is 0 Å². The fraction of sp³-hybridized carbons (Fsp3) is 0.714. The second-order valence-electron chi connectivity index (χ2n) is 5.54. The number of hydrogen-bond donors (Lipinski definition) is 1. The van der Waals surface area contributed by atoms with Crippen LogP contribution in [-0.2, 0) is 4.74 Å². The van der Waals surface area contributed by atoms with E-state index in [9.17, 15) is 4.79 Å². The fourth-order valence-electron chi connectivity index (χ4n) is 3.05. The molecule has 3 rings (SSSR count). The lowest BCUT2D eigenvalue weighted by atomic mass is 10.0. The number of likely N-dealkylation sites (tertiary alicyclic amines) is 1. The number of nitrogens with one attached hydrogen (secondary N) is 1. The first kappa shape index (κ1) is 13.6. The van der Waals surface area contributed by atoms with Crippen LogP contribution < -0.4 is 5.32 Å². The number of ether oxygens (including phenoxy) is 1. The lowest BCUT2D eigenvalue weighted by molar-refractivity contribution is 0.0894. The predicted molar refractivity (Wildman–Crippen MR) is 72.5 cm³/mol. The predicted octanol–water partition coefficient (Wildman–Crippen LogP) is 0.966. The monoisotopic (exact) mass is 279 g/mol. The number of rotatable bonds is 3. The van der Waals surface area contributed by atoms with Crippen molar-refractivity contribution in [3.05, 3.63) is 17.8 Å². The number of amides is 1. The molecule has 0 aromatic carbocycles. The summed E-state index contributed by atoms with van der Waals surface area (Å²) in [4.78, 5) is 18.6. The molecule has 2 aliphatic heterocycles. The smallest absolute Gasteiger partial charge is 0.273 e. The lowest BCUT2D eigenvalue weighted by Gasteiger charge is -2.34. The number of oxazole rings is 1. The zero-order chi connectivity index (χ0) is 13.9. The van der Waals surface area contributed by atoms with E-state index in [4.69, 9.17) is 9.15 Å². The van der Waals surface area contributed by atoms with Gasteiger partial charge in [0, 0.05) is 0 Å². The normalized spacial score (nSPS) is 27.6. The van der Waals surface area contributed by atoms with Gasteiger partial charge in [0.1, 0.15) is 5.76 Å². The Hall–Kier alpha value is -1.40. The van der Waals surface area contributed by atoms with Crippen LogP contribution in [-0.4, -0.2) is 54.2 Å². The third-order valence-corrected chi connectivity index (χ3v) is 4.19. The zero-order valence-corrected chi connectivity index (χ0v) is 11.8. The van der Waals surface area contributed by atoms with Crippen LogP contribution in [0.5, 0.6) is 0 Å². The van der Waals surface area contributed by atoms with Crippen molar-refractivity contribution in [2.45, 2.75) is 38.3 Å². The number of aryl methyl sites for hydroxylation is 1. The molecule has 2 atom stereocenters. The Morgan fingerprint density at radius 2 is 2.15 bits per heavy atom. The second kappa shape index (κ2) is 5.93. The molecule has 20 heavy (non-hydrogen) atoms. The highest BCUT2D eigenvalue weighted by atomic mass is 16.5. The molecule has 1 aromatic rings. The maximum atomic E-state index is 12.2. The zero-order valence-electron chi connectivity index (χ0n) is 11.8. The van der Waals surface area contributed by atoms with Gasteiger partial charge in [-0.25, -0.2) is 4.98 Å². The van der Waals surface area contributed by atoms with Crippen LogP contribution in [0.2, 0.25) is 0 Å². The molecule has 0 saturated carbocycles. The van der Waals surface area contributed by atoms with Gasteiger partial charge in [0.05, 0.1) is 25.3 Å². The summed E-state index contributed by atoms with van der Waals surface area (Å²) in [6.07, 6.45) is 5.08. The van der Waals surface area contributed by atoms with Crippen molar-refractivity contribution in [2.75, 3.05) is 26.3 Å². The molecule has 0 aliphatic carbocycles. The van der Waals surface area contributed by atoms with E-state index in [0.29, 0.717) is 24.7 Å². The van der Waals surface area contributed by atoms with Crippen molar-refractivity contribution in [1.82, 2.24) is 15.2 Å². The van der Waals surface area contributed by atoms with Crippen LogP contribution in [0, 0.1) is 6.92 Å². The van der Waals surface area contributed by atoms with Crippen LogP contribution in [0.3, 0.4) is 0 Å². The molecule has 1 amide bonds. The summed E-state index contributed by atoms with van der Waals surface area (Å²) in [5.41, 5.74) is 0.370. The van der Waals surface area contributed by atoms with E-state index < -0.39 is 0 Å². The van der Waals surface area contributed by atoms with Crippen molar-refractivity contribution >= 4 is 5.91 Å². The Kier molecular flexibility index (Phi) is 4.03. The quantitative estimate of drug-likeness (QED) is 0.893. The van der Waals surface area contributed by atoms with Gasteiger partial charge in [0.2, 0.25) is 0 Å². The van der Waals surface area contributed by atoms with E-state index >= 15 is 0 Å². The van der Waals surface area contributed by atoms with Gasteiger partial charge in [0.15, 0.2) is 12.1 Å². The first-order valence-electron chi connectivity index (χ1n) is 7.28. The number of carbonyl (C=O) groups excluding carboxylic acids is 1. The third-order valence-electron chi connectivity index (χ3n) is 4.19. The summed E-state index contributed by atoms with van der Waals surface area (Å²) in [5.74, 6) is 0.379. The number of aromatic nitrogens is 1. The van der Waals surface area contributed by atoms with Crippen LogP contribution in [0.15, 0.2) is 10.8 Å². The molecule has 6 heteroatoms. The third kappa shape index (κ3) is 2.71. The van der Waals surface area contributed by atoms with Gasteiger partial charge in [-0.05, 0) is 32.9 Å². The number of carbonyl (C=O) groups is 1. The highest BCUT2D eigenvalue weighted by molar-refractivity contribution is 5.93. The molecule has 2 aliphatic rings. The fourth-order valence-corrected chi connectivity index (χ4v) is 3.05. The molecule has 6 nitrogen and oxygen atoms in total. The SMILES string of the molecule is Cc1ocnc1C(=O)N[C@H]1COC[C@@H]1N1CCCCC1. The minimum atomic E-state index is -0.172. The molecule has 3 heterocycles. The van der Waals surface area contributed by atoms with E-state index in [-0.39, 0.29) is 18.0 Å². The van der Waals surface area contributed by atoms with Crippen LogP contribution in [0.4, 0.5) is 0 Å². The van der Waals surface area contributed by atoms with E-state index in [1.165, 1.54) is 25.7 Å². The number of nitrogens with zero attached hydrogens (tertiary/aromatic N) is 2. The molecule has 1 aromatic heterocycles. The van der Waals surface area contributed by atoms with Crippen molar-refractivity contribution < 1.29 is 13.9 Å². The average Bonchev–Trinajstić information content (AvgIpc) is 3.08. The Balaban J connectivity index is 1.64. The highest BCUT2D eigenvalue weighted by Crippen LogP contribution is 2.19. The summed E-state index contributed by atoms with van der Waals surface area (Å²) >= 11 is 0. The molecule has 110 valence electrons. The standard InChI is InChI=1S/C14H21N3O3/c1-10-13(15-9-20-10)14(18)16-11-7-19-8-12(11)17-5-3-2-4-6-17/h9,11-12H,2-8H2,1H3,(H,16,18)/t11-,12-/m0/s1. The van der Waals surface area contributed by atoms with Gasteiger partial charge in [0.25, 0.3) is 5.91 Å². The molecule has 0 radical (unpaired) electrons. The van der Waals surface area contributed by atoms with Crippen molar-refractivity contribution in [1.29, 1.82) is 0 Å². The molecule has 2 fully saturated rings. The van der Waals surface area contributed by atoms with Gasteiger partial charge in [-0.3, -0.25) is 9.69 Å². The summed E-state index contributed by atoms with van der Waals surface area (Å²) in [5, 5.41) is 3.04. The Bertz CT molecular complexity index is 468. The molecule has 2 saturated heterocycles. The minimum absolute atomic E-state index is 0.0386. The molecular formula is C14H21N3O3. The number of piperidine rings is 1. The Morgan fingerprint density at radius 1 is 1.35 bits per heavy atom. The maximum absolute atomic E-state index is 12.2. The number of hydrogen-bond acceptors (Lipinski definition) is 5. The largest absolute Gasteiger partial charge is 0.448 e. The second-order valence-corrected chi connectivity index (χ2v) is 5.54. The highest BCUT2D eigenvalue weighted by Gasteiger charge is 2.35. The first-order valence-corrected chi connectivity index (χ1v) is 7.28. The van der Waals surface area contributed by atoms with E-state index in [1.54, 1.807) is 6.92 Å². The maximum Gasteiger partial charge on any atom is 0.273 e. The van der Waals surface area contributed by atoms with Gasteiger partial charge < -0.3 is 14.5 Å². The summed E-state index contributed by atoms with van der Waals surface area (Å²) < 4.78 is 10.7. The summed E-state index contributed by atoms with van der Waals surface area (Å²) in [6.45, 7) is 5.22. The van der Waals surface area contributed by atoms with Gasteiger partial charge in [-0.15, -0.1) is 0 Å². The Labute approximate surface area is 118 Å². The van der Waals surface area contributed by atoms with Crippen molar-refractivity contribution in [2.24, 2.45) is 0 Å². The van der Waals surface area contributed by atoms with E-state index in [0.717, 1.165) is 13.1 Å². The molecule has 1 N–H and O–H groups in total. The molecule has 0 bridgehead atoms. The van der Waals surface area contributed by atoms with E-state index in [1.807, 2.05) is 0 Å². The van der Waals surface area contributed by atoms with Crippen molar-refractivity contribution in [3.8, 4) is 0 Å². The molecule has 0 spiro atoms. The average molecular weight is 279 g/mol. The Morgan fingerprint density at radius 3 is 2.85 bits per heavy atom. The van der Waals surface area contributed by atoms with Crippen molar-refractivity contribution in [3.63, 3.8) is 0 Å². The van der Waals surface area contributed by atoms with Gasteiger partial charge in [-0.1, -0.05) is 6.42 Å². The first-order chi connectivity index (χ1) is 9.75. The molecule has 0 unspecified atom stereocenters. The lowest BCUT2D eigenvalue weighted by Crippen LogP contribution is -2.52. The van der Waals surface area contributed by atoms with Crippen LogP contribution in [0.25, 0.3) is 0 Å². The summed E-state index contributed by atoms with van der Waals surface area (Å²) in [7, 11) is 0.